The van der Waals surface area contributed by atoms with Crippen molar-refractivity contribution in [1.82, 2.24) is 5.32 Å². The Labute approximate surface area is 157 Å². The molecular formula is C22H20N2O3. The van der Waals surface area contributed by atoms with Crippen molar-refractivity contribution in [1.29, 1.82) is 0 Å². The molecule has 136 valence electrons. The van der Waals surface area contributed by atoms with Crippen LogP contribution in [0.3, 0.4) is 0 Å². The zero-order valence-electron chi connectivity index (χ0n) is 14.9. The molecule has 1 amide bonds. The molecule has 0 bridgehead atoms. The van der Waals surface area contributed by atoms with Gasteiger partial charge in [0.15, 0.2) is 0 Å². The second-order valence-corrected chi connectivity index (χ2v) is 6.37. The van der Waals surface area contributed by atoms with Gasteiger partial charge in [-0.15, -0.1) is 0 Å². The molecule has 3 aromatic carbocycles. The minimum atomic E-state index is -0.503. The minimum Gasteiger partial charge on any atom is -0.349 e. The van der Waals surface area contributed by atoms with Crippen LogP contribution in [0.1, 0.15) is 34.3 Å². The zero-order chi connectivity index (χ0) is 19.2. The third-order valence-corrected chi connectivity index (χ3v) is 4.50. The number of nitrogens with zero attached hydrogens (tertiary/aromatic N) is 1. The van der Waals surface area contributed by atoms with Gasteiger partial charge in [-0.05, 0) is 24.1 Å². The van der Waals surface area contributed by atoms with Crippen molar-refractivity contribution >= 4 is 11.6 Å². The van der Waals surface area contributed by atoms with Crippen molar-refractivity contribution in [3.05, 3.63) is 112 Å². The number of nitro benzene ring substituents is 1. The first-order chi connectivity index (χ1) is 13.1. The zero-order valence-corrected chi connectivity index (χ0v) is 14.9. The van der Waals surface area contributed by atoms with E-state index in [1.54, 1.807) is 6.07 Å². The topological polar surface area (TPSA) is 72.2 Å². The number of carbonyl (C=O) groups excluding carboxylic acids is 1. The van der Waals surface area contributed by atoms with Gasteiger partial charge < -0.3 is 5.32 Å². The smallest absolute Gasteiger partial charge is 0.270 e. The van der Waals surface area contributed by atoms with E-state index in [1.807, 2.05) is 67.6 Å². The molecule has 0 spiro atoms. The Bertz CT molecular complexity index is 887. The number of non-ortho nitro benzene ring substituents is 1. The first kappa shape index (κ1) is 18.3. The van der Waals surface area contributed by atoms with Crippen LogP contribution >= 0.6 is 0 Å². The molecule has 0 radical (unpaired) electrons. The monoisotopic (exact) mass is 360 g/mol. The van der Waals surface area contributed by atoms with Crippen LogP contribution in [0.15, 0.2) is 84.9 Å². The summed E-state index contributed by atoms with van der Waals surface area (Å²) in [6.07, 6.45) is 0. The lowest BCUT2D eigenvalue weighted by molar-refractivity contribution is -0.384. The molecular weight excluding hydrogens is 340 g/mol. The molecule has 1 unspecified atom stereocenters. The summed E-state index contributed by atoms with van der Waals surface area (Å²) in [5.74, 6) is -0.363. The van der Waals surface area contributed by atoms with E-state index in [1.165, 1.54) is 18.2 Å². The summed E-state index contributed by atoms with van der Waals surface area (Å²) in [5, 5.41) is 13.9. The molecule has 3 aromatic rings. The summed E-state index contributed by atoms with van der Waals surface area (Å²) in [7, 11) is 0. The molecule has 0 aliphatic carbocycles. The second-order valence-electron chi connectivity index (χ2n) is 6.37. The average molecular weight is 360 g/mol. The van der Waals surface area contributed by atoms with Gasteiger partial charge in [-0.1, -0.05) is 66.7 Å². The summed E-state index contributed by atoms with van der Waals surface area (Å²) in [4.78, 5) is 23.1. The molecule has 5 nitrogen and oxygen atoms in total. The van der Waals surface area contributed by atoms with Gasteiger partial charge in [-0.25, -0.2) is 0 Å². The minimum absolute atomic E-state index is 0.0324. The molecule has 5 heteroatoms. The number of hydrogen-bond acceptors (Lipinski definition) is 3. The van der Waals surface area contributed by atoms with Gasteiger partial charge in [-0.3, -0.25) is 14.9 Å². The van der Waals surface area contributed by atoms with Gasteiger partial charge in [0.05, 0.1) is 4.92 Å². The molecule has 1 N–H and O–H groups in total. The van der Waals surface area contributed by atoms with Crippen molar-refractivity contribution < 1.29 is 9.72 Å². The molecule has 0 aromatic heterocycles. The van der Waals surface area contributed by atoms with Crippen molar-refractivity contribution in [2.24, 2.45) is 0 Å². The van der Waals surface area contributed by atoms with Crippen LogP contribution in [0.2, 0.25) is 0 Å². The number of nitrogens with one attached hydrogen (secondary N) is 1. The van der Waals surface area contributed by atoms with E-state index in [4.69, 9.17) is 0 Å². The lowest BCUT2D eigenvalue weighted by atomic mass is 9.85. The Balaban J connectivity index is 1.87. The predicted octanol–water partition coefficient (Wildman–Crippen LogP) is 4.55. The third-order valence-electron chi connectivity index (χ3n) is 4.50. The lowest BCUT2D eigenvalue weighted by Crippen LogP contribution is -2.37. The largest absolute Gasteiger partial charge is 0.349 e. The van der Waals surface area contributed by atoms with E-state index < -0.39 is 4.92 Å². The van der Waals surface area contributed by atoms with Gasteiger partial charge in [-0.2, -0.15) is 0 Å². The second kappa shape index (κ2) is 8.27. The van der Waals surface area contributed by atoms with Gasteiger partial charge >= 0.3 is 0 Å². The Morgan fingerprint density at radius 3 is 1.96 bits per heavy atom. The standard InChI is InChI=1S/C22H20N2O3/c1-16(23-22(25)19-13-8-14-20(15-19)24(26)27)21(17-9-4-2-5-10-17)18-11-6-3-7-12-18/h2-16,21H,1H3,(H,23,25). The van der Waals surface area contributed by atoms with Crippen LogP contribution in [-0.2, 0) is 0 Å². The fraction of sp³-hybridized carbons (Fsp3) is 0.136. The van der Waals surface area contributed by atoms with E-state index in [-0.39, 0.29) is 29.1 Å². The number of amides is 1. The Hall–Kier alpha value is -3.47. The Morgan fingerprint density at radius 2 is 1.44 bits per heavy atom. The number of carbonyl (C=O) groups is 1. The Morgan fingerprint density at radius 1 is 0.889 bits per heavy atom. The van der Waals surface area contributed by atoms with Crippen molar-refractivity contribution in [3.8, 4) is 0 Å². The molecule has 1 atom stereocenters. The van der Waals surface area contributed by atoms with Gasteiger partial charge in [0.2, 0.25) is 0 Å². The predicted molar refractivity (Wildman–Crippen MR) is 105 cm³/mol. The molecule has 0 aliphatic heterocycles. The van der Waals surface area contributed by atoms with E-state index in [9.17, 15) is 14.9 Å². The van der Waals surface area contributed by atoms with Crippen LogP contribution in [-0.4, -0.2) is 16.9 Å². The SMILES string of the molecule is CC(NC(=O)c1cccc([N+](=O)[O-])c1)C(c1ccccc1)c1ccccc1. The maximum Gasteiger partial charge on any atom is 0.270 e. The van der Waals surface area contributed by atoms with E-state index in [2.05, 4.69) is 5.32 Å². The highest BCUT2D eigenvalue weighted by Crippen LogP contribution is 2.28. The number of benzene rings is 3. The maximum atomic E-state index is 12.7. The summed E-state index contributed by atoms with van der Waals surface area (Å²) in [6.45, 7) is 1.94. The molecule has 3 rings (SSSR count). The van der Waals surface area contributed by atoms with E-state index in [0.29, 0.717) is 0 Å². The van der Waals surface area contributed by atoms with Crippen molar-refractivity contribution in [2.45, 2.75) is 18.9 Å². The van der Waals surface area contributed by atoms with Crippen LogP contribution < -0.4 is 5.32 Å². The number of nitro groups is 1. The molecule has 0 fully saturated rings. The number of hydrogen-bond donors (Lipinski definition) is 1. The average Bonchev–Trinajstić information content (AvgIpc) is 2.70. The molecule has 0 heterocycles. The first-order valence-corrected chi connectivity index (χ1v) is 8.71. The third kappa shape index (κ3) is 4.39. The first-order valence-electron chi connectivity index (χ1n) is 8.71. The van der Waals surface area contributed by atoms with Crippen LogP contribution in [0, 0.1) is 10.1 Å². The fourth-order valence-corrected chi connectivity index (χ4v) is 3.22. The van der Waals surface area contributed by atoms with Crippen LogP contribution in [0.25, 0.3) is 0 Å². The highest BCUT2D eigenvalue weighted by Gasteiger charge is 2.23. The van der Waals surface area contributed by atoms with Crippen molar-refractivity contribution in [2.75, 3.05) is 0 Å². The molecule has 0 saturated carbocycles. The maximum absolute atomic E-state index is 12.7. The summed E-state index contributed by atoms with van der Waals surface area (Å²) < 4.78 is 0. The van der Waals surface area contributed by atoms with Crippen LogP contribution in [0.4, 0.5) is 5.69 Å². The quantitative estimate of drug-likeness (QED) is 0.518. The highest BCUT2D eigenvalue weighted by molar-refractivity contribution is 5.95. The summed E-state index contributed by atoms with van der Waals surface area (Å²) in [6, 6.07) is 25.5. The van der Waals surface area contributed by atoms with E-state index >= 15 is 0 Å². The molecule has 0 saturated heterocycles. The molecule has 0 aliphatic rings. The van der Waals surface area contributed by atoms with Crippen molar-refractivity contribution in [3.63, 3.8) is 0 Å². The summed E-state index contributed by atoms with van der Waals surface area (Å²) >= 11 is 0. The van der Waals surface area contributed by atoms with Gasteiger partial charge in [0, 0.05) is 29.7 Å². The number of rotatable bonds is 6. The Kier molecular flexibility index (Phi) is 5.61. The fourth-order valence-electron chi connectivity index (χ4n) is 3.22. The van der Waals surface area contributed by atoms with Gasteiger partial charge in [0.1, 0.15) is 0 Å². The highest BCUT2D eigenvalue weighted by atomic mass is 16.6. The summed E-state index contributed by atoms with van der Waals surface area (Å²) in [5.41, 5.74) is 2.36. The lowest BCUT2D eigenvalue weighted by Gasteiger charge is -2.26. The van der Waals surface area contributed by atoms with E-state index in [0.717, 1.165) is 11.1 Å². The molecule has 27 heavy (non-hydrogen) atoms. The van der Waals surface area contributed by atoms with Gasteiger partial charge in [0.25, 0.3) is 11.6 Å². The van der Waals surface area contributed by atoms with Crippen LogP contribution in [0.5, 0.6) is 0 Å². The normalized spacial score (nSPS) is 11.8.